The number of aliphatic hydroxyl groups is 1. The molecule has 0 aliphatic rings. The van der Waals surface area contributed by atoms with Crippen LogP contribution in [0.3, 0.4) is 0 Å². The van der Waals surface area contributed by atoms with Crippen molar-refractivity contribution in [2.24, 2.45) is 0 Å². The minimum Gasteiger partial charge on any atom is -0.456 e. The van der Waals surface area contributed by atoms with Gasteiger partial charge in [-0.3, -0.25) is 0 Å². The molecule has 0 aromatic heterocycles. The van der Waals surface area contributed by atoms with Crippen LogP contribution in [0.4, 0.5) is 4.39 Å². The van der Waals surface area contributed by atoms with Crippen LogP contribution in [-0.2, 0) is 0 Å². The maximum Gasteiger partial charge on any atom is 0.146 e. The SMILES string of the molecule is CC(O)c1ccc(Oc2cc(F)cc(Br)c2)c(Cl)c1. The van der Waals surface area contributed by atoms with E-state index in [0.717, 1.165) is 0 Å². The Morgan fingerprint density at radius 2 is 2.00 bits per heavy atom. The molecule has 0 heterocycles. The molecule has 0 saturated heterocycles. The zero-order valence-corrected chi connectivity index (χ0v) is 12.4. The van der Waals surface area contributed by atoms with Crippen LogP contribution < -0.4 is 4.74 Å². The minimum absolute atomic E-state index is 0.346. The van der Waals surface area contributed by atoms with Crippen molar-refractivity contribution in [2.45, 2.75) is 13.0 Å². The van der Waals surface area contributed by atoms with Crippen molar-refractivity contribution in [3.05, 3.63) is 57.3 Å². The molecule has 1 N–H and O–H groups in total. The van der Waals surface area contributed by atoms with Crippen LogP contribution in [0, 0.1) is 5.82 Å². The van der Waals surface area contributed by atoms with Gasteiger partial charge in [0.05, 0.1) is 11.1 Å². The lowest BCUT2D eigenvalue weighted by Crippen LogP contribution is -1.92. The van der Waals surface area contributed by atoms with Gasteiger partial charge in [-0.05, 0) is 36.8 Å². The second-order valence-electron chi connectivity index (χ2n) is 4.07. The third kappa shape index (κ3) is 3.69. The van der Waals surface area contributed by atoms with Gasteiger partial charge in [0.15, 0.2) is 0 Å². The lowest BCUT2D eigenvalue weighted by Gasteiger charge is -2.11. The van der Waals surface area contributed by atoms with Crippen molar-refractivity contribution in [1.82, 2.24) is 0 Å². The van der Waals surface area contributed by atoms with Gasteiger partial charge in [0.1, 0.15) is 17.3 Å². The van der Waals surface area contributed by atoms with E-state index in [9.17, 15) is 9.50 Å². The van der Waals surface area contributed by atoms with Gasteiger partial charge in [0.25, 0.3) is 0 Å². The largest absolute Gasteiger partial charge is 0.456 e. The third-order valence-electron chi connectivity index (χ3n) is 2.50. The Bertz CT molecular complexity index is 582. The molecule has 100 valence electrons. The molecule has 0 spiro atoms. The zero-order chi connectivity index (χ0) is 14.0. The quantitative estimate of drug-likeness (QED) is 0.840. The van der Waals surface area contributed by atoms with E-state index in [4.69, 9.17) is 16.3 Å². The van der Waals surface area contributed by atoms with Gasteiger partial charge in [0.2, 0.25) is 0 Å². The minimum atomic E-state index is -0.602. The normalized spacial score (nSPS) is 12.3. The molecule has 2 aromatic rings. The van der Waals surface area contributed by atoms with E-state index in [1.165, 1.54) is 12.1 Å². The summed E-state index contributed by atoms with van der Waals surface area (Å²) in [5.74, 6) is 0.350. The third-order valence-corrected chi connectivity index (χ3v) is 3.26. The maximum absolute atomic E-state index is 13.2. The predicted octanol–water partition coefficient (Wildman–Crippen LogP) is 5.09. The standard InChI is InChI=1S/C14H11BrClFO2/c1-8(18)9-2-3-14(13(16)4-9)19-12-6-10(15)5-11(17)7-12/h2-8,18H,1H3. The van der Waals surface area contributed by atoms with Gasteiger partial charge >= 0.3 is 0 Å². The second-order valence-corrected chi connectivity index (χ2v) is 5.40. The molecule has 0 radical (unpaired) electrons. The first-order chi connectivity index (χ1) is 8.95. The lowest BCUT2D eigenvalue weighted by molar-refractivity contribution is 0.199. The summed E-state index contributed by atoms with van der Waals surface area (Å²) in [7, 11) is 0. The number of hydrogen-bond donors (Lipinski definition) is 1. The Kier molecular flexibility index (Phi) is 4.45. The summed E-state index contributed by atoms with van der Waals surface area (Å²) < 4.78 is 19.3. The molecule has 19 heavy (non-hydrogen) atoms. The highest BCUT2D eigenvalue weighted by Crippen LogP contribution is 2.33. The second kappa shape index (κ2) is 5.90. The molecule has 0 fully saturated rings. The molecular weight excluding hydrogens is 335 g/mol. The van der Waals surface area contributed by atoms with Gasteiger partial charge in [-0.1, -0.05) is 33.6 Å². The molecule has 0 saturated carbocycles. The van der Waals surface area contributed by atoms with Crippen LogP contribution in [0.5, 0.6) is 11.5 Å². The van der Waals surface area contributed by atoms with Crippen molar-refractivity contribution in [1.29, 1.82) is 0 Å². The van der Waals surface area contributed by atoms with Gasteiger partial charge in [0, 0.05) is 10.5 Å². The Morgan fingerprint density at radius 3 is 2.58 bits per heavy atom. The molecular formula is C14H11BrClFO2. The molecule has 0 bridgehead atoms. The van der Waals surface area contributed by atoms with Gasteiger partial charge in [-0.2, -0.15) is 0 Å². The lowest BCUT2D eigenvalue weighted by atomic mass is 10.1. The molecule has 5 heteroatoms. The van der Waals surface area contributed by atoms with Crippen molar-refractivity contribution >= 4 is 27.5 Å². The summed E-state index contributed by atoms with van der Waals surface area (Å²) in [6, 6.07) is 9.22. The average molecular weight is 346 g/mol. The van der Waals surface area contributed by atoms with E-state index in [2.05, 4.69) is 15.9 Å². The zero-order valence-electron chi connectivity index (χ0n) is 10.0. The topological polar surface area (TPSA) is 29.5 Å². The highest BCUT2D eigenvalue weighted by atomic mass is 79.9. The number of halogens is 3. The summed E-state index contributed by atoms with van der Waals surface area (Å²) >= 11 is 9.25. The molecule has 1 unspecified atom stereocenters. The Hall–Kier alpha value is -1.10. The van der Waals surface area contributed by atoms with E-state index >= 15 is 0 Å². The summed E-state index contributed by atoms with van der Waals surface area (Å²) in [6.45, 7) is 1.65. The fraction of sp³-hybridized carbons (Fsp3) is 0.143. The van der Waals surface area contributed by atoms with Crippen LogP contribution in [-0.4, -0.2) is 5.11 Å². The van der Waals surface area contributed by atoms with Crippen LogP contribution in [0.25, 0.3) is 0 Å². The Morgan fingerprint density at radius 1 is 1.26 bits per heavy atom. The average Bonchev–Trinajstić information content (AvgIpc) is 2.30. The van der Waals surface area contributed by atoms with Crippen LogP contribution in [0.1, 0.15) is 18.6 Å². The van der Waals surface area contributed by atoms with Gasteiger partial charge < -0.3 is 9.84 Å². The van der Waals surface area contributed by atoms with Gasteiger partial charge in [-0.25, -0.2) is 4.39 Å². The number of rotatable bonds is 3. The first-order valence-corrected chi connectivity index (χ1v) is 6.74. The van der Waals surface area contributed by atoms with E-state index < -0.39 is 11.9 Å². The Balaban J connectivity index is 2.28. The summed E-state index contributed by atoms with van der Waals surface area (Å²) in [5, 5.41) is 9.81. The van der Waals surface area contributed by atoms with Crippen molar-refractivity contribution < 1.29 is 14.2 Å². The molecule has 2 rings (SSSR count). The van der Waals surface area contributed by atoms with E-state index in [1.54, 1.807) is 31.2 Å². The summed E-state index contributed by atoms with van der Waals surface area (Å²) in [6.07, 6.45) is -0.602. The highest BCUT2D eigenvalue weighted by molar-refractivity contribution is 9.10. The molecule has 1 atom stereocenters. The van der Waals surface area contributed by atoms with Crippen LogP contribution in [0.2, 0.25) is 5.02 Å². The fourth-order valence-electron chi connectivity index (χ4n) is 1.57. The number of benzene rings is 2. The molecule has 0 amide bonds. The van der Waals surface area contributed by atoms with Crippen LogP contribution in [0.15, 0.2) is 40.9 Å². The molecule has 0 aliphatic heterocycles. The van der Waals surface area contributed by atoms with Crippen molar-refractivity contribution in [2.75, 3.05) is 0 Å². The predicted molar refractivity (Wildman–Crippen MR) is 76.3 cm³/mol. The Labute approximate surface area is 123 Å². The van der Waals surface area contributed by atoms with Crippen molar-refractivity contribution in [3.63, 3.8) is 0 Å². The number of aliphatic hydroxyl groups excluding tert-OH is 1. The van der Waals surface area contributed by atoms with Crippen LogP contribution >= 0.6 is 27.5 Å². The summed E-state index contributed by atoms with van der Waals surface area (Å²) in [5.41, 5.74) is 0.692. The van der Waals surface area contributed by atoms with E-state index in [1.807, 2.05) is 0 Å². The number of ether oxygens (including phenoxy) is 1. The maximum atomic E-state index is 13.2. The fourth-order valence-corrected chi connectivity index (χ4v) is 2.25. The first kappa shape index (κ1) is 14.3. The first-order valence-electron chi connectivity index (χ1n) is 5.57. The van der Waals surface area contributed by atoms with E-state index in [-0.39, 0.29) is 0 Å². The van der Waals surface area contributed by atoms with E-state index in [0.29, 0.717) is 26.6 Å². The highest BCUT2D eigenvalue weighted by Gasteiger charge is 2.08. The smallest absolute Gasteiger partial charge is 0.146 e. The number of hydrogen-bond acceptors (Lipinski definition) is 2. The summed E-state index contributed by atoms with van der Waals surface area (Å²) in [4.78, 5) is 0. The molecule has 0 aliphatic carbocycles. The molecule has 2 aromatic carbocycles. The molecule has 2 nitrogen and oxygen atoms in total. The van der Waals surface area contributed by atoms with Gasteiger partial charge in [-0.15, -0.1) is 0 Å². The monoisotopic (exact) mass is 344 g/mol. The van der Waals surface area contributed by atoms with Crippen molar-refractivity contribution in [3.8, 4) is 11.5 Å².